The molecule has 2 aromatic rings. The Hall–Kier alpha value is -2.42. The number of aryl methyl sites for hydroxylation is 2. The van der Waals surface area contributed by atoms with Gasteiger partial charge < -0.3 is 15.7 Å². The van der Waals surface area contributed by atoms with Crippen LogP contribution in [0.4, 0.5) is 4.79 Å². The van der Waals surface area contributed by atoms with Crippen molar-refractivity contribution in [1.82, 2.24) is 25.4 Å². The van der Waals surface area contributed by atoms with E-state index in [0.717, 1.165) is 10.6 Å². The SMILES string of the molecule is Cc1ncsc1CNC(=O)NC(C(=O)O)c1cnn(C)c1. The molecule has 0 bridgehead atoms. The van der Waals surface area contributed by atoms with Crippen molar-refractivity contribution >= 4 is 23.3 Å². The zero-order chi connectivity index (χ0) is 15.4. The Bertz CT molecular complexity index is 651. The summed E-state index contributed by atoms with van der Waals surface area (Å²) >= 11 is 1.43. The lowest BCUT2D eigenvalue weighted by Crippen LogP contribution is -2.40. The smallest absolute Gasteiger partial charge is 0.331 e. The first kappa shape index (κ1) is 15.0. The molecule has 3 N–H and O–H groups in total. The van der Waals surface area contributed by atoms with Crippen LogP contribution in [-0.2, 0) is 18.4 Å². The van der Waals surface area contributed by atoms with Crippen LogP contribution in [0.5, 0.6) is 0 Å². The fourth-order valence-electron chi connectivity index (χ4n) is 1.72. The van der Waals surface area contributed by atoms with Crippen LogP contribution >= 0.6 is 11.3 Å². The standard InChI is InChI=1S/C12H15N5O3S/c1-7-9(21-6-14-7)4-13-12(20)16-10(11(18)19)8-3-15-17(2)5-8/h3,5-6,10H,4H2,1-2H3,(H,18,19)(H2,13,16,20). The topological polar surface area (TPSA) is 109 Å². The molecule has 1 atom stereocenters. The number of aromatic nitrogens is 3. The summed E-state index contributed by atoms with van der Waals surface area (Å²) in [5, 5.41) is 18.1. The number of aliphatic carboxylic acids is 1. The van der Waals surface area contributed by atoms with E-state index in [1.807, 2.05) is 6.92 Å². The number of nitrogens with zero attached hydrogens (tertiary/aromatic N) is 3. The van der Waals surface area contributed by atoms with Crippen LogP contribution in [-0.4, -0.2) is 31.9 Å². The van der Waals surface area contributed by atoms with Gasteiger partial charge in [-0.3, -0.25) is 4.68 Å². The molecule has 9 heteroatoms. The predicted molar refractivity (Wildman–Crippen MR) is 75.8 cm³/mol. The number of carbonyl (C=O) groups excluding carboxylic acids is 1. The lowest BCUT2D eigenvalue weighted by atomic mass is 10.1. The Balaban J connectivity index is 1.96. The Morgan fingerprint density at radius 2 is 2.29 bits per heavy atom. The third kappa shape index (κ3) is 3.78. The van der Waals surface area contributed by atoms with E-state index < -0.39 is 18.0 Å². The van der Waals surface area contributed by atoms with Gasteiger partial charge in [0.25, 0.3) is 0 Å². The monoisotopic (exact) mass is 309 g/mol. The lowest BCUT2D eigenvalue weighted by Gasteiger charge is -2.13. The molecule has 112 valence electrons. The molecule has 8 nitrogen and oxygen atoms in total. The van der Waals surface area contributed by atoms with Crippen LogP contribution in [0.2, 0.25) is 0 Å². The molecule has 2 aromatic heterocycles. The Labute approximate surface area is 124 Å². The van der Waals surface area contributed by atoms with E-state index in [1.165, 1.54) is 22.2 Å². The van der Waals surface area contributed by atoms with E-state index in [1.54, 1.807) is 18.8 Å². The molecule has 0 saturated heterocycles. The van der Waals surface area contributed by atoms with Crippen molar-refractivity contribution in [3.8, 4) is 0 Å². The quantitative estimate of drug-likeness (QED) is 0.757. The lowest BCUT2D eigenvalue weighted by molar-refractivity contribution is -0.139. The zero-order valence-corrected chi connectivity index (χ0v) is 12.3. The van der Waals surface area contributed by atoms with E-state index in [0.29, 0.717) is 12.1 Å². The number of carbonyl (C=O) groups is 2. The van der Waals surface area contributed by atoms with Gasteiger partial charge in [-0.25, -0.2) is 14.6 Å². The molecule has 0 saturated carbocycles. The van der Waals surface area contributed by atoms with Crippen molar-refractivity contribution < 1.29 is 14.7 Å². The molecule has 1 unspecified atom stereocenters. The van der Waals surface area contributed by atoms with Gasteiger partial charge in [-0.05, 0) is 6.92 Å². The predicted octanol–water partition coefficient (Wildman–Crippen LogP) is 0.810. The number of amides is 2. The highest BCUT2D eigenvalue weighted by Gasteiger charge is 2.23. The fourth-order valence-corrected chi connectivity index (χ4v) is 2.43. The average Bonchev–Trinajstić information content (AvgIpc) is 3.02. The van der Waals surface area contributed by atoms with Crippen molar-refractivity contribution in [1.29, 1.82) is 0 Å². The summed E-state index contributed by atoms with van der Waals surface area (Å²) in [6.45, 7) is 2.16. The minimum absolute atomic E-state index is 0.307. The second-order valence-corrected chi connectivity index (χ2v) is 5.35. The summed E-state index contributed by atoms with van der Waals surface area (Å²) in [4.78, 5) is 28.1. The number of thiazole rings is 1. The molecule has 0 aliphatic heterocycles. The molecular formula is C12H15N5O3S. The number of hydrogen-bond donors (Lipinski definition) is 3. The van der Waals surface area contributed by atoms with Crippen molar-refractivity contribution in [3.05, 3.63) is 34.0 Å². The van der Waals surface area contributed by atoms with Gasteiger partial charge >= 0.3 is 12.0 Å². The molecule has 0 aliphatic rings. The summed E-state index contributed by atoms with van der Waals surface area (Å²) in [6, 6.07) is -1.69. The summed E-state index contributed by atoms with van der Waals surface area (Å²) < 4.78 is 1.48. The van der Waals surface area contributed by atoms with Crippen LogP contribution in [0.25, 0.3) is 0 Å². The molecule has 2 amide bonds. The molecule has 2 heterocycles. The highest BCUT2D eigenvalue weighted by atomic mass is 32.1. The minimum Gasteiger partial charge on any atom is -0.479 e. The second kappa shape index (κ2) is 6.35. The zero-order valence-electron chi connectivity index (χ0n) is 11.5. The molecule has 0 fully saturated rings. The van der Waals surface area contributed by atoms with Gasteiger partial charge in [-0.1, -0.05) is 0 Å². The van der Waals surface area contributed by atoms with Gasteiger partial charge in [-0.2, -0.15) is 5.10 Å². The molecule has 0 aromatic carbocycles. The molecule has 0 aliphatic carbocycles. The van der Waals surface area contributed by atoms with Crippen LogP contribution < -0.4 is 10.6 Å². The maximum Gasteiger partial charge on any atom is 0.331 e. The third-order valence-corrected chi connectivity index (χ3v) is 3.77. The Morgan fingerprint density at radius 3 is 2.81 bits per heavy atom. The largest absolute Gasteiger partial charge is 0.479 e. The van der Waals surface area contributed by atoms with Crippen molar-refractivity contribution in [2.24, 2.45) is 7.05 Å². The minimum atomic E-state index is -1.15. The van der Waals surface area contributed by atoms with E-state index in [2.05, 4.69) is 20.7 Å². The second-order valence-electron chi connectivity index (χ2n) is 4.41. The average molecular weight is 309 g/mol. The van der Waals surface area contributed by atoms with E-state index in [4.69, 9.17) is 0 Å². The first-order valence-electron chi connectivity index (χ1n) is 6.12. The molecule has 0 spiro atoms. The summed E-state index contributed by atoms with van der Waals surface area (Å²) in [6.07, 6.45) is 2.96. The van der Waals surface area contributed by atoms with Gasteiger partial charge in [0.1, 0.15) is 0 Å². The van der Waals surface area contributed by atoms with E-state index in [9.17, 15) is 14.7 Å². The maximum atomic E-state index is 11.8. The van der Waals surface area contributed by atoms with E-state index >= 15 is 0 Å². The fraction of sp³-hybridized carbons (Fsp3) is 0.333. The molecule has 0 radical (unpaired) electrons. The Morgan fingerprint density at radius 1 is 1.52 bits per heavy atom. The van der Waals surface area contributed by atoms with Gasteiger partial charge in [0.05, 0.1) is 23.9 Å². The van der Waals surface area contributed by atoms with Gasteiger partial charge in [-0.15, -0.1) is 11.3 Å². The number of rotatable bonds is 5. The van der Waals surface area contributed by atoms with Crippen LogP contribution in [0.15, 0.2) is 17.9 Å². The molecule has 2 rings (SSSR count). The van der Waals surface area contributed by atoms with Crippen molar-refractivity contribution in [2.45, 2.75) is 19.5 Å². The maximum absolute atomic E-state index is 11.8. The van der Waals surface area contributed by atoms with E-state index in [-0.39, 0.29) is 0 Å². The highest BCUT2D eigenvalue weighted by Crippen LogP contribution is 2.13. The number of carboxylic acids is 1. The number of urea groups is 1. The normalized spacial score (nSPS) is 11.9. The first-order chi connectivity index (χ1) is 9.97. The van der Waals surface area contributed by atoms with Crippen LogP contribution in [0.1, 0.15) is 22.2 Å². The third-order valence-electron chi connectivity index (χ3n) is 2.83. The van der Waals surface area contributed by atoms with Gasteiger partial charge in [0.2, 0.25) is 0 Å². The van der Waals surface area contributed by atoms with Crippen molar-refractivity contribution in [2.75, 3.05) is 0 Å². The number of carboxylic acid groups (broad SMARTS) is 1. The summed E-state index contributed by atoms with van der Waals surface area (Å²) in [7, 11) is 1.68. The first-order valence-corrected chi connectivity index (χ1v) is 7.00. The van der Waals surface area contributed by atoms with Gasteiger partial charge in [0, 0.05) is 23.7 Å². The van der Waals surface area contributed by atoms with Crippen molar-refractivity contribution in [3.63, 3.8) is 0 Å². The van der Waals surface area contributed by atoms with Gasteiger partial charge in [0.15, 0.2) is 6.04 Å². The van der Waals surface area contributed by atoms with Crippen LogP contribution in [0, 0.1) is 6.92 Å². The summed E-state index contributed by atoms with van der Waals surface area (Å²) in [5.41, 5.74) is 2.96. The summed E-state index contributed by atoms with van der Waals surface area (Å²) in [5.74, 6) is -1.15. The molecular weight excluding hydrogens is 294 g/mol. The van der Waals surface area contributed by atoms with Crippen LogP contribution in [0.3, 0.4) is 0 Å². The highest BCUT2D eigenvalue weighted by molar-refractivity contribution is 7.09. The Kier molecular flexibility index (Phi) is 4.53. The molecule has 21 heavy (non-hydrogen) atoms. The number of hydrogen-bond acceptors (Lipinski definition) is 5. The number of nitrogens with one attached hydrogen (secondary N) is 2.